The summed E-state index contributed by atoms with van der Waals surface area (Å²) in [5.74, 6) is 0.953. The molecule has 0 atom stereocenters. The summed E-state index contributed by atoms with van der Waals surface area (Å²) in [6.45, 7) is 12.1. The van der Waals surface area contributed by atoms with E-state index in [-0.39, 0.29) is 0 Å². The molecule has 1 aromatic heterocycles. The van der Waals surface area contributed by atoms with E-state index >= 15 is 0 Å². The lowest BCUT2D eigenvalue weighted by atomic mass is 10.1. The van der Waals surface area contributed by atoms with E-state index in [4.69, 9.17) is 4.74 Å². The van der Waals surface area contributed by atoms with E-state index in [9.17, 15) is 0 Å². The molecule has 2 aromatic rings. The van der Waals surface area contributed by atoms with Crippen LogP contribution in [0, 0.1) is 20.8 Å². The molecule has 0 aliphatic rings. The summed E-state index contributed by atoms with van der Waals surface area (Å²) in [4.78, 5) is 4.57. The minimum atomic E-state index is 0.524. The van der Waals surface area contributed by atoms with Gasteiger partial charge in [0.2, 0.25) is 0 Å². The van der Waals surface area contributed by atoms with Crippen molar-refractivity contribution in [3.63, 3.8) is 0 Å². The van der Waals surface area contributed by atoms with Crippen LogP contribution in [0.1, 0.15) is 27.4 Å². The molecule has 0 bridgehead atoms. The van der Waals surface area contributed by atoms with Gasteiger partial charge in [0, 0.05) is 18.5 Å². The molecular formula is C17H22N2OS. The molecule has 3 nitrogen and oxygen atoms in total. The van der Waals surface area contributed by atoms with Crippen molar-refractivity contribution < 1.29 is 4.74 Å². The fourth-order valence-corrected chi connectivity index (χ4v) is 2.79. The van der Waals surface area contributed by atoms with Crippen LogP contribution in [0.5, 0.6) is 5.75 Å². The number of nitrogens with one attached hydrogen (secondary N) is 1. The highest BCUT2D eigenvalue weighted by atomic mass is 32.1. The lowest BCUT2D eigenvalue weighted by Crippen LogP contribution is -2.12. The minimum Gasteiger partial charge on any atom is -0.486 e. The van der Waals surface area contributed by atoms with Crippen molar-refractivity contribution in [3.8, 4) is 5.75 Å². The normalized spacial score (nSPS) is 10.6. The van der Waals surface area contributed by atoms with Crippen LogP contribution in [0.3, 0.4) is 0 Å². The third kappa shape index (κ3) is 4.41. The van der Waals surface area contributed by atoms with Gasteiger partial charge in [0.1, 0.15) is 17.4 Å². The summed E-state index contributed by atoms with van der Waals surface area (Å²) in [7, 11) is 0. The molecule has 0 spiro atoms. The molecule has 1 N–H and O–H groups in total. The van der Waals surface area contributed by atoms with Crippen LogP contribution < -0.4 is 10.1 Å². The third-order valence-corrected chi connectivity index (χ3v) is 4.18. The Morgan fingerprint density at radius 1 is 1.33 bits per heavy atom. The standard InChI is InChI=1S/C17H22N2OS/c1-5-6-18-9-15-11-21-17(19-15)10-20-16-8-12(2)7-13(3)14(16)4/h5,7-8,11,18H,1,6,9-10H2,2-4H3. The highest BCUT2D eigenvalue weighted by Crippen LogP contribution is 2.24. The third-order valence-electron chi connectivity index (χ3n) is 3.31. The number of hydrogen-bond acceptors (Lipinski definition) is 4. The second kappa shape index (κ2) is 7.38. The van der Waals surface area contributed by atoms with Crippen LogP contribution in [0.4, 0.5) is 0 Å². The van der Waals surface area contributed by atoms with Crippen molar-refractivity contribution in [1.82, 2.24) is 10.3 Å². The summed E-state index contributed by atoms with van der Waals surface area (Å²) in [6, 6.07) is 4.26. The highest BCUT2D eigenvalue weighted by Gasteiger charge is 2.07. The average molecular weight is 302 g/mol. The lowest BCUT2D eigenvalue weighted by molar-refractivity contribution is 0.302. The summed E-state index contributed by atoms with van der Waals surface area (Å²) in [6.07, 6.45) is 1.85. The maximum absolute atomic E-state index is 5.93. The average Bonchev–Trinajstić information content (AvgIpc) is 2.89. The highest BCUT2D eigenvalue weighted by molar-refractivity contribution is 7.09. The number of aryl methyl sites for hydroxylation is 2. The van der Waals surface area contributed by atoms with E-state index in [0.29, 0.717) is 6.61 Å². The van der Waals surface area contributed by atoms with Gasteiger partial charge in [-0.2, -0.15) is 0 Å². The Hall–Kier alpha value is -1.65. The maximum atomic E-state index is 5.93. The Labute approximate surface area is 130 Å². The topological polar surface area (TPSA) is 34.1 Å². The Morgan fingerprint density at radius 3 is 2.90 bits per heavy atom. The zero-order valence-electron chi connectivity index (χ0n) is 12.9. The largest absolute Gasteiger partial charge is 0.486 e. The molecule has 0 radical (unpaired) electrons. The molecule has 0 saturated carbocycles. The Kier molecular flexibility index (Phi) is 5.53. The zero-order valence-corrected chi connectivity index (χ0v) is 13.7. The molecule has 0 fully saturated rings. The van der Waals surface area contributed by atoms with E-state index in [1.165, 1.54) is 16.7 Å². The number of thiazole rings is 1. The van der Waals surface area contributed by atoms with Crippen molar-refractivity contribution in [3.05, 3.63) is 57.6 Å². The number of ether oxygens (including phenoxy) is 1. The van der Waals surface area contributed by atoms with Crippen LogP contribution in [0.15, 0.2) is 30.2 Å². The molecular weight excluding hydrogens is 280 g/mol. The van der Waals surface area contributed by atoms with Crippen LogP contribution in [0.2, 0.25) is 0 Å². The Bertz CT molecular complexity index is 619. The van der Waals surface area contributed by atoms with E-state index in [1.54, 1.807) is 11.3 Å². The number of nitrogens with zero attached hydrogens (tertiary/aromatic N) is 1. The predicted octanol–water partition coefficient (Wildman–Crippen LogP) is 3.92. The van der Waals surface area contributed by atoms with Crippen molar-refractivity contribution in [2.24, 2.45) is 0 Å². The summed E-state index contributed by atoms with van der Waals surface area (Å²) < 4.78 is 5.93. The second-order valence-corrected chi connectivity index (χ2v) is 6.09. The molecule has 2 rings (SSSR count). The van der Waals surface area contributed by atoms with Gasteiger partial charge >= 0.3 is 0 Å². The van der Waals surface area contributed by atoms with E-state index in [0.717, 1.165) is 29.5 Å². The van der Waals surface area contributed by atoms with Gasteiger partial charge in [0.25, 0.3) is 0 Å². The summed E-state index contributed by atoms with van der Waals surface area (Å²) in [5.41, 5.74) is 4.74. The van der Waals surface area contributed by atoms with Crippen molar-refractivity contribution in [1.29, 1.82) is 0 Å². The molecule has 0 amide bonds. The molecule has 4 heteroatoms. The smallest absolute Gasteiger partial charge is 0.140 e. The molecule has 21 heavy (non-hydrogen) atoms. The number of rotatable bonds is 7. The van der Waals surface area contributed by atoms with Crippen LogP contribution in [0.25, 0.3) is 0 Å². The van der Waals surface area contributed by atoms with Gasteiger partial charge in [-0.3, -0.25) is 0 Å². The van der Waals surface area contributed by atoms with Crippen LogP contribution in [-0.4, -0.2) is 11.5 Å². The van der Waals surface area contributed by atoms with Gasteiger partial charge in [-0.15, -0.1) is 17.9 Å². The van der Waals surface area contributed by atoms with Gasteiger partial charge < -0.3 is 10.1 Å². The molecule has 0 unspecified atom stereocenters. The Balaban J connectivity index is 1.95. The van der Waals surface area contributed by atoms with Crippen molar-refractivity contribution in [2.75, 3.05) is 6.54 Å². The first kappa shape index (κ1) is 15.7. The van der Waals surface area contributed by atoms with Gasteiger partial charge in [-0.1, -0.05) is 12.1 Å². The second-order valence-electron chi connectivity index (χ2n) is 5.15. The fraction of sp³-hybridized carbons (Fsp3) is 0.353. The van der Waals surface area contributed by atoms with Gasteiger partial charge in [-0.25, -0.2) is 4.98 Å². The monoisotopic (exact) mass is 302 g/mol. The van der Waals surface area contributed by atoms with E-state index in [2.05, 4.69) is 55.2 Å². The molecule has 0 saturated heterocycles. The van der Waals surface area contributed by atoms with Crippen LogP contribution >= 0.6 is 11.3 Å². The zero-order chi connectivity index (χ0) is 15.2. The number of hydrogen-bond donors (Lipinski definition) is 1. The van der Waals surface area contributed by atoms with Gasteiger partial charge in [0.15, 0.2) is 0 Å². The number of benzene rings is 1. The van der Waals surface area contributed by atoms with Crippen molar-refractivity contribution in [2.45, 2.75) is 33.9 Å². The fourth-order valence-electron chi connectivity index (χ4n) is 2.09. The molecule has 0 aliphatic carbocycles. The first-order valence-electron chi connectivity index (χ1n) is 7.05. The summed E-state index contributed by atoms with van der Waals surface area (Å²) >= 11 is 1.64. The molecule has 1 heterocycles. The maximum Gasteiger partial charge on any atom is 0.140 e. The SMILES string of the molecule is C=CCNCc1csc(COc2cc(C)cc(C)c2C)n1. The quantitative estimate of drug-likeness (QED) is 0.622. The first-order chi connectivity index (χ1) is 10.1. The van der Waals surface area contributed by atoms with Gasteiger partial charge in [-0.05, 0) is 43.5 Å². The van der Waals surface area contributed by atoms with Gasteiger partial charge in [0.05, 0.1) is 5.69 Å². The predicted molar refractivity (Wildman–Crippen MR) is 89.0 cm³/mol. The van der Waals surface area contributed by atoms with E-state index < -0.39 is 0 Å². The minimum absolute atomic E-state index is 0.524. The number of aromatic nitrogens is 1. The molecule has 1 aromatic carbocycles. The summed E-state index contributed by atoms with van der Waals surface area (Å²) in [5, 5.41) is 6.32. The van der Waals surface area contributed by atoms with Crippen molar-refractivity contribution >= 4 is 11.3 Å². The first-order valence-corrected chi connectivity index (χ1v) is 7.93. The Morgan fingerprint density at radius 2 is 2.14 bits per heavy atom. The van der Waals surface area contributed by atoms with Crippen LogP contribution in [-0.2, 0) is 13.2 Å². The molecule has 0 aliphatic heterocycles. The molecule has 112 valence electrons. The lowest BCUT2D eigenvalue weighted by Gasteiger charge is -2.11. The van der Waals surface area contributed by atoms with E-state index in [1.807, 2.05) is 6.08 Å².